The van der Waals surface area contributed by atoms with Crippen molar-refractivity contribution in [1.82, 2.24) is 0 Å². The SMILES string of the molecule is Cc1cccc(C2Sc3ccccc3N(C)C2=O)c1. The first-order valence-electron chi connectivity index (χ1n) is 6.26. The summed E-state index contributed by atoms with van der Waals surface area (Å²) in [7, 11) is 1.85. The number of thioether (sulfide) groups is 1. The number of aryl methyl sites for hydroxylation is 1. The number of amides is 1. The summed E-state index contributed by atoms with van der Waals surface area (Å²) in [4.78, 5) is 15.4. The third-order valence-electron chi connectivity index (χ3n) is 3.37. The highest BCUT2D eigenvalue weighted by Crippen LogP contribution is 2.45. The molecule has 0 radical (unpaired) electrons. The van der Waals surface area contributed by atoms with E-state index in [0.717, 1.165) is 16.1 Å². The molecule has 2 aromatic rings. The van der Waals surface area contributed by atoms with Gasteiger partial charge in [0.1, 0.15) is 5.25 Å². The van der Waals surface area contributed by atoms with Gasteiger partial charge in [0.2, 0.25) is 5.91 Å². The number of fused-ring (bicyclic) bond motifs is 1. The van der Waals surface area contributed by atoms with Crippen LogP contribution in [0.2, 0.25) is 0 Å². The average Bonchev–Trinajstić information content (AvgIpc) is 2.43. The third-order valence-corrected chi connectivity index (χ3v) is 4.68. The van der Waals surface area contributed by atoms with E-state index in [1.807, 2.05) is 37.4 Å². The van der Waals surface area contributed by atoms with Crippen molar-refractivity contribution >= 4 is 23.4 Å². The van der Waals surface area contributed by atoms with Gasteiger partial charge >= 0.3 is 0 Å². The second kappa shape index (κ2) is 4.74. The molecule has 1 unspecified atom stereocenters. The highest BCUT2D eigenvalue weighted by atomic mass is 32.2. The molecule has 96 valence electrons. The van der Waals surface area contributed by atoms with Crippen LogP contribution in [-0.2, 0) is 4.79 Å². The Hall–Kier alpha value is -1.74. The molecule has 0 fully saturated rings. The molecule has 1 amide bonds. The quantitative estimate of drug-likeness (QED) is 0.784. The van der Waals surface area contributed by atoms with Crippen LogP contribution in [0.3, 0.4) is 0 Å². The number of carbonyl (C=O) groups is 1. The van der Waals surface area contributed by atoms with Gasteiger partial charge in [0.25, 0.3) is 0 Å². The van der Waals surface area contributed by atoms with Crippen LogP contribution in [0.25, 0.3) is 0 Å². The van der Waals surface area contributed by atoms with E-state index in [4.69, 9.17) is 0 Å². The molecule has 0 saturated heterocycles. The summed E-state index contributed by atoms with van der Waals surface area (Å²) in [5.41, 5.74) is 3.27. The number of nitrogens with zero attached hydrogens (tertiary/aromatic N) is 1. The van der Waals surface area contributed by atoms with Gasteiger partial charge in [-0.25, -0.2) is 0 Å². The predicted molar refractivity (Wildman–Crippen MR) is 79.6 cm³/mol. The third kappa shape index (κ3) is 2.15. The lowest BCUT2D eigenvalue weighted by Gasteiger charge is -2.31. The van der Waals surface area contributed by atoms with Crippen molar-refractivity contribution in [2.45, 2.75) is 17.1 Å². The highest BCUT2D eigenvalue weighted by molar-refractivity contribution is 8.00. The summed E-state index contributed by atoms with van der Waals surface area (Å²) in [6, 6.07) is 16.2. The summed E-state index contributed by atoms with van der Waals surface area (Å²) < 4.78 is 0. The van der Waals surface area contributed by atoms with Gasteiger partial charge in [-0.3, -0.25) is 4.79 Å². The lowest BCUT2D eigenvalue weighted by Crippen LogP contribution is -2.33. The van der Waals surface area contributed by atoms with E-state index < -0.39 is 0 Å². The van der Waals surface area contributed by atoms with Crippen molar-refractivity contribution in [3.05, 3.63) is 59.7 Å². The zero-order valence-electron chi connectivity index (χ0n) is 11.0. The summed E-state index contributed by atoms with van der Waals surface area (Å²) >= 11 is 1.64. The molecule has 2 nitrogen and oxygen atoms in total. The molecule has 0 aliphatic carbocycles. The summed E-state index contributed by atoms with van der Waals surface area (Å²) in [6.07, 6.45) is 0. The minimum Gasteiger partial charge on any atom is -0.313 e. The summed E-state index contributed by atoms with van der Waals surface area (Å²) in [5, 5.41) is -0.139. The molecule has 3 rings (SSSR count). The van der Waals surface area contributed by atoms with Crippen LogP contribution < -0.4 is 4.90 Å². The number of hydrogen-bond acceptors (Lipinski definition) is 2. The maximum Gasteiger partial charge on any atom is 0.244 e. The van der Waals surface area contributed by atoms with Crippen LogP contribution in [-0.4, -0.2) is 13.0 Å². The number of rotatable bonds is 1. The maximum atomic E-state index is 12.5. The predicted octanol–water partition coefficient (Wildman–Crippen LogP) is 3.80. The van der Waals surface area contributed by atoms with Gasteiger partial charge < -0.3 is 4.90 Å². The van der Waals surface area contributed by atoms with Crippen LogP contribution in [0.4, 0.5) is 5.69 Å². The van der Waals surface area contributed by atoms with Crippen LogP contribution in [0.1, 0.15) is 16.4 Å². The first-order chi connectivity index (χ1) is 9.16. The molecule has 0 bridgehead atoms. The molecule has 0 saturated carbocycles. The molecule has 2 aromatic carbocycles. The van der Waals surface area contributed by atoms with Crippen molar-refractivity contribution in [2.24, 2.45) is 0 Å². The van der Waals surface area contributed by atoms with Crippen LogP contribution in [0, 0.1) is 6.92 Å². The van der Waals surface area contributed by atoms with Gasteiger partial charge in [-0.05, 0) is 24.6 Å². The fraction of sp³-hybridized carbons (Fsp3) is 0.188. The Labute approximate surface area is 117 Å². The van der Waals surface area contributed by atoms with Gasteiger partial charge in [-0.1, -0.05) is 42.0 Å². The van der Waals surface area contributed by atoms with E-state index in [1.54, 1.807) is 16.7 Å². The van der Waals surface area contributed by atoms with Crippen molar-refractivity contribution in [3.8, 4) is 0 Å². The second-order valence-electron chi connectivity index (χ2n) is 4.78. The van der Waals surface area contributed by atoms with Gasteiger partial charge in [-0.2, -0.15) is 0 Å². The molecular formula is C16H15NOS. The Morgan fingerprint density at radius 1 is 1.11 bits per heavy atom. The van der Waals surface area contributed by atoms with Gasteiger partial charge in [-0.15, -0.1) is 11.8 Å². The zero-order valence-corrected chi connectivity index (χ0v) is 11.8. The Morgan fingerprint density at radius 3 is 2.68 bits per heavy atom. The minimum absolute atomic E-state index is 0.139. The highest BCUT2D eigenvalue weighted by Gasteiger charge is 2.32. The van der Waals surface area contributed by atoms with Crippen molar-refractivity contribution in [3.63, 3.8) is 0 Å². The molecule has 0 aromatic heterocycles. The Kier molecular flexibility index (Phi) is 3.07. The lowest BCUT2D eigenvalue weighted by molar-refractivity contribution is -0.118. The topological polar surface area (TPSA) is 20.3 Å². The van der Waals surface area contributed by atoms with Crippen molar-refractivity contribution in [2.75, 3.05) is 11.9 Å². The first-order valence-corrected chi connectivity index (χ1v) is 7.14. The van der Waals surface area contributed by atoms with E-state index in [-0.39, 0.29) is 11.2 Å². The van der Waals surface area contributed by atoms with E-state index in [9.17, 15) is 4.79 Å². The molecule has 1 atom stereocenters. The number of anilines is 1. The van der Waals surface area contributed by atoms with E-state index in [2.05, 4.69) is 25.1 Å². The van der Waals surface area contributed by atoms with Gasteiger partial charge in [0, 0.05) is 11.9 Å². The van der Waals surface area contributed by atoms with E-state index in [1.165, 1.54) is 5.56 Å². The molecule has 0 spiro atoms. The van der Waals surface area contributed by atoms with Crippen LogP contribution in [0.15, 0.2) is 53.4 Å². The first kappa shape index (κ1) is 12.3. The summed E-state index contributed by atoms with van der Waals surface area (Å²) in [6.45, 7) is 2.05. The normalized spacial score (nSPS) is 18.3. The molecule has 19 heavy (non-hydrogen) atoms. The number of hydrogen-bond donors (Lipinski definition) is 0. The van der Waals surface area contributed by atoms with Gasteiger partial charge in [0.05, 0.1) is 5.69 Å². The Bertz CT molecular complexity index is 638. The van der Waals surface area contributed by atoms with Crippen LogP contribution >= 0.6 is 11.8 Å². The number of likely N-dealkylation sites (N-methyl/N-ethyl adjacent to an activating group) is 1. The Morgan fingerprint density at radius 2 is 1.89 bits per heavy atom. The molecule has 3 heteroatoms. The van der Waals surface area contributed by atoms with Crippen LogP contribution in [0.5, 0.6) is 0 Å². The largest absolute Gasteiger partial charge is 0.313 e. The van der Waals surface area contributed by atoms with E-state index >= 15 is 0 Å². The fourth-order valence-electron chi connectivity index (χ4n) is 2.35. The average molecular weight is 269 g/mol. The smallest absolute Gasteiger partial charge is 0.244 e. The number of benzene rings is 2. The molecule has 1 aliphatic rings. The van der Waals surface area contributed by atoms with Gasteiger partial charge in [0.15, 0.2) is 0 Å². The fourth-order valence-corrected chi connectivity index (χ4v) is 3.63. The lowest BCUT2D eigenvalue weighted by atomic mass is 10.1. The summed E-state index contributed by atoms with van der Waals surface area (Å²) in [5.74, 6) is 0.148. The minimum atomic E-state index is -0.139. The van der Waals surface area contributed by atoms with E-state index in [0.29, 0.717) is 0 Å². The number of carbonyl (C=O) groups excluding carboxylic acids is 1. The second-order valence-corrected chi connectivity index (χ2v) is 5.92. The maximum absolute atomic E-state index is 12.5. The monoisotopic (exact) mass is 269 g/mol. The standard InChI is InChI=1S/C16H15NOS/c1-11-6-5-7-12(10-11)15-16(18)17(2)13-8-3-4-9-14(13)19-15/h3-10,15H,1-2H3. The van der Waals surface area contributed by atoms with Crippen molar-refractivity contribution in [1.29, 1.82) is 0 Å². The molecular weight excluding hydrogens is 254 g/mol. The number of para-hydroxylation sites is 1. The van der Waals surface area contributed by atoms with Crippen molar-refractivity contribution < 1.29 is 4.79 Å². The Balaban J connectivity index is 2.04. The molecule has 1 heterocycles. The zero-order chi connectivity index (χ0) is 13.4. The molecule has 1 aliphatic heterocycles. The molecule has 0 N–H and O–H groups in total.